The molecule has 1 unspecified atom stereocenters. The molecule has 1 saturated heterocycles. The minimum absolute atomic E-state index is 0.0115. The van der Waals surface area contributed by atoms with Gasteiger partial charge >= 0.3 is 111 Å². The third-order valence-corrected chi connectivity index (χ3v) is 6.77. The van der Waals surface area contributed by atoms with E-state index in [4.69, 9.17) is 4.74 Å². The van der Waals surface area contributed by atoms with Crippen molar-refractivity contribution in [1.29, 1.82) is 0 Å². The van der Waals surface area contributed by atoms with Crippen LogP contribution in [0.1, 0.15) is 40.5 Å². The third kappa shape index (κ3) is 3.34. The van der Waals surface area contributed by atoms with Gasteiger partial charge in [0.25, 0.3) is 0 Å². The Bertz CT molecular complexity index is 370. The van der Waals surface area contributed by atoms with Gasteiger partial charge in [-0.05, 0) is 0 Å². The van der Waals surface area contributed by atoms with Crippen molar-refractivity contribution in [2.75, 3.05) is 0 Å². The van der Waals surface area contributed by atoms with Crippen molar-refractivity contribution in [3.05, 3.63) is 30.3 Å². The van der Waals surface area contributed by atoms with Crippen molar-refractivity contribution in [2.45, 2.75) is 56.6 Å². The Morgan fingerprint density at radius 2 is 1.76 bits per heavy atom. The van der Waals surface area contributed by atoms with Gasteiger partial charge in [0, 0.05) is 0 Å². The summed E-state index contributed by atoms with van der Waals surface area (Å²) in [5.74, 6) is 0. The fraction of sp³-hybridized carbons (Fsp3) is 0.600. The van der Waals surface area contributed by atoms with Gasteiger partial charge in [0.15, 0.2) is 0 Å². The molecule has 1 aliphatic heterocycles. The molecule has 0 saturated carbocycles. The van der Waals surface area contributed by atoms with E-state index in [-0.39, 0.29) is 11.2 Å². The number of benzene rings is 1. The zero-order valence-electron chi connectivity index (χ0n) is 11.2. The molecule has 1 heterocycles. The van der Waals surface area contributed by atoms with Gasteiger partial charge in [0.1, 0.15) is 0 Å². The van der Waals surface area contributed by atoms with Crippen molar-refractivity contribution in [2.24, 2.45) is 0 Å². The molecular weight excluding hydrogens is 275 g/mol. The molecule has 2 heteroatoms. The SMILES string of the molecule is CC1(C)CCC([Se]c2ccccc2)C(C)(C)O1. The second-order valence-corrected chi connectivity index (χ2v) is 8.60. The second kappa shape index (κ2) is 4.76. The van der Waals surface area contributed by atoms with Crippen LogP contribution in [0.25, 0.3) is 0 Å². The summed E-state index contributed by atoms with van der Waals surface area (Å²) in [6.07, 6.45) is 2.46. The van der Waals surface area contributed by atoms with Crippen molar-refractivity contribution in [3.8, 4) is 0 Å². The summed E-state index contributed by atoms with van der Waals surface area (Å²) in [6, 6.07) is 10.9. The Kier molecular flexibility index (Phi) is 3.68. The quantitative estimate of drug-likeness (QED) is 0.762. The topological polar surface area (TPSA) is 9.23 Å². The van der Waals surface area contributed by atoms with Crippen LogP contribution in [0.2, 0.25) is 4.82 Å². The Morgan fingerprint density at radius 1 is 1.12 bits per heavy atom. The predicted octanol–water partition coefficient (Wildman–Crippen LogP) is 3.17. The van der Waals surface area contributed by atoms with Crippen molar-refractivity contribution in [3.63, 3.8) is 0 Å². The molecule has 0 aliphatic carbocycles. The summed E-state index contributed by atoms with van der Waals surface area (Å²) < 4.78 is 7.75. The van der Waals surface area contributed by atoms with Crippen LogP contribution in [0, 0.1) is 0 Å². The van der Waals surface area contributed by atoms with Crippen LogP contribution < -0.4 is 4.46 Å². The zero-order chi connectivity index (χ0) is 12.5. The van der Waals surface area contributed by atoms with Crippen LogP contribution in [0.3, 0.4) is 0 Å². The first-order valence-electron chi connectivity index (χ1n) is 6.31. The first kappa shape index (κ1) is 13.1. The summed E-state index contributed by atoms with van der Waals surface area (Å²) in [5.41, 5.74) is 0.0599. The van der Waals surface area contributed by atoms with Gasteiger partial charge in [-0.1, -0.05) is 0 Å². The molecule has 0 bridgehead atoms. The molecular formula is C15H22OSe. The summed E-state index contributed by atoms with van der Waals surface area (Å²) >= 11 is 0.515. The number of ether oxygens (including phenoxy) is 1. The Labute approximate surface area is 111 Å². The molecule has 0 N–H and O–H groups in total. The number of hydrogen-bond acceptors (Lipinski definition) is 1. The molecule has 2 rings (SSSR count). The first-order chi connectivity index (χ1) is 7.89. The summed E-state index contributed by atoms with van der Waals surface area (Å²) in [6.45, 7) is 8.92. The van der Waals surface area contributed by atoms with E-state index in [1.165, 1.54) is 17.3 Å². The van der Waals surface area contributed by atoms with E-state index in [2.05, 4.69) is 58.0 Å². The van der Waals surface area contributed by atoms with E-state index in [9.17, 15) is 0 Å². The minimum atomic E-state index is 0.0115. The molecule has 0 spiro atoms. The van der Waals surface area contributed by atoms with Crippen molar-refractivity contribution < 1.29 is 4.74 Å². The van der Waals surface area contributed by atoms with E-state index < -0.39 is 0 Å². The van der Waals surface area contributed by atoms with Gasteiger partial charge in [-0.3, -0.25) is 0 Å². The number of hydrogen-bond donors (Lipinski definition) is 0. The molecule has 1 fully saturated rings. The maximum absolute atomic E-state index is 6.26. The molecule has 94 valence electrons. The van der Waals surface area contributed by atoms with Gasteiger partial charge in [-0.25, -0.2) is 0 Å². The third-order valence-electron chi connectivity index (χ3n) is 3.34. The van der Waals surface area contributed by atoms with E-state index in [0.717, 1.165) is 0 Å². The van der Waals surface area contributed by atoms with Crippen molar-refractivity contribution in [1.82, 2.24) is 0 Å². The molecule has 1 atom stereocenters. The first-order valence-corrected chi connectivity index (χ1v) is 8.15. The molecule has 1 aliphatic rings. The predicted molar refractivity (Wildman–Crippen MR) is 74.1 cm³/mol. The fourth-order valence-corrected chi connectivity index (χ4v) is 5.06. The second-order valence-electron chi connectivity index (χ2n) is 5.92. The maximum atomic E-state index is 6.26. The molecule has 1 aromatic carbocycles. The average molecular weight is 297 g/mol. The summed E-state index contributed by atoms with van der Waals surface area (Å²) in [5, 5.41) is 0. The van der Waals surface area contributed by atoms with Crippen LogP contribution in [-0.2, 0) is 4.74 Å². The average Bonchev–Trinajstić information content (AvgIpc) is 2.22. The standard InChI is InChI=1S/C15H22OSe/c1-14(2)11-10-13(15(3,4)16-14)17-12-8-6-5-7-9-12/h5-9,13H,10-11H2,1-4H3. The molecule has 17 heavy (non-hydrogen) atoms. The van der Waals surface area contributed by atoms with E-state index >= 15 is 0 Å². The van der Waals surface area contributed by atoms with Crippen molar-refractivity contribution >= 4 is 19.4 Å². The summed E-state index contributed by atoms with van der Waals surface area (Å²) in [4.78, 5) is 0.686. The molecule has 1 aromatic rings. The fourth-order valence-electron chi connectivity index (χ4n) is 2.52. The van der Waals surface area contributed by atoms with Crippen LogP contribution in [0.15, 0.2) is 30.3 Å². The van der Waals surface area contributed by atoms with Gasteiger partial charge in [-0.15, -0.1) is 0 Å². The Morgan fingerprint density at radius 3 is 2.35 bits per heavy atom. The van der Waals surface area contributed by atoms with E-state index in [0.29, 0.717) is 19.8 Å². The van der Waals surface area contributed by atoms with E-state index in [1.807, 2.05) is 0 Å². The van der Waals surface area contributed by atoms with Gasteiger partial charge in [0.2, 0.25) is 0 Å². The van der Waals surface area contributed by atoms with Crippen LogP contribution in [0.5, 0.6) is 0 Å². The molecule has 1 nitrogen and oxygen atoms in total. The molecule has 0 amide bonds. The Balaban J connectivity index is 2.07. The van der Waals surface area contributed by atoms with Crippen LogP contribution in [0.4, 0.5) is 0 Å². The number of rotatable bonds is 2. The monoisotopic (exact) mass is 298 g/mol. The molecule has 0 aromatic heterocycles. The van der Waals surface area contributed by atoms with Crippen LogP contribution in [-0.4, -0.2) is 26.2 Å². The van der Waals surface area contributed by atoms with Gasteiger partial charge in [-0.2, -0.15) is 0 Å². The van der Waals surface area contributed by atoms with Crippen LogP contribution >= 0.6 is 0 Å². The zero-order valence-corrected chi connectivity index (χ0v) is 12.9. The van der Waals surface area contributed by atoms with Gasteiger partial charge in [0.05, 0.1) is 0 Å². The normalized spacial score (nSPS) is 26.7. The Hall–Kier alpha value is -0.301. The summed E-state index contributed by atoms with van der Waals surface area (Å²) in [7, 11) is 0. The van der Waals surface area contributed by atoms with E-state index in [1.54, 1.807) is 0 Å². The van der Waals surface area contributed by atoms with Gasteiger partial charge < -0.3 is 0 Å². The molecule has 0 radical (unpaired) electrons.